The number of nitrogen functional groups attached to an aromatic ring is 1. The van der Waals surface area contributed by atoms with Gasteiger partial charge < -0.3 is 24.7 Å². The predicted octanol–water partition coefficient (Wildman–Crippen LogP) is 3.36. The molecule has 0 unspecified atom stereocenters. The fraction of sp³-hybridized carbons (Fsp3) is 0.333. The Kier molecular flexibility index (Phi) is 6.12. The summed E-state index contributed by atoms with van der Waals surface area (Å²) in [4.78, 5) is 25.4. The van der Waals surface area contributed by atoms with Crippen molar-refractivity contribution in [2.75, 3.05) is 33.2 Å². The molecule has 3 rings (SSSR count). The maximum absolute atomic E-state index is 12.1. The van der Waals surface area contributed by atoms with E-state index in [1.807, 2.05) is 18.2 Å². The topological polar surface area (TPSA) is 97.1 Å². The Hall–Kier alpha value is -2.39. The van der Waals surface area contributed by atoms with Gasteiger partial charge in [0, 0.05) is 22.6 Å². The number of ether oxygens (including phenoxy) is 4. The van der Waals surface area contributed by atoms with Gasteiger partial charge in [0.25, 0.3) is 0 Å². The lowest BCUT2D eigenvalue weighted by atomic mass is 10.1. The Labute approximate surface area is 164 Å². The first-order valence-corrected chi connectivity index (χ1v) is 9.95. The van der Waals surface area contributed by atoms with E-state index in [4.69, 9.17) is 24.7 Å². The summed E-state index contributed by atoms with van der Waals surface area (Å²) in [5.74, 6) is 0.637. The highest BCUT2D eigenvalue weighted by Crippen LogP contribution is 2.39. The van der Waals surface area contributed by atoms with E-state index >= 15 is 0 Å². The molecule has 2 aromatic rings. The quantitative estimate of drug-likeness (QED) is 0.593. The lowest BCUT2D eigenvalue weighted by Crippen LogP contribution is -2.08. The zero-order chi connectivity index (χ0) is 19.4. The number of fused-ring (bicyclic) bond motifs is 1. The first kappa shape index (κ1) is 19.4. The predicted molar refractivity (Wildman–Crippen MR) is 103 cm³/mol. The van der Waals surface area contributed by atoms with Crippen LogP contribution in [0.2, 0.25) is 0 Å². The van der Waals surface area contributed by atoms with Gasteiger partial charge in [0.1, 0.15) is 9.88 Å². The second-order valence-electron chi connectivity index (χ2n) is 5.58. The van der Waals surface area contributed by atoms with Crippen molar-refractivity contribution in [3.05, 3.63) is 34.2 Å². The SMILES string of the molecule is COC(=O)c1sc(N)c(C(=O)OC)c1CSc1ccc2c(c1)OCCCO2. The van der Waals surface area contributed by atoms with E-state index in [1.54, 1.807) is 0 Å². The molecule has 0 saturated carbocycles. The number of hydrogen-bond donors (Lipinski definition) is 1. The van der Waals surface area contributed by atoms with Crippen molar-refractivity contribution < 1.29 is 28.5 Å². The number of esters is 2. The van der Waals surface area contributed by atoms with E-state index in [2.05, 4.69) is 0 Å². The van der Waals surface area contributed by atoms with Gasteiger partial charge in [-0.1, -0.05) is 0 Å². The molecule has 0 saturated heterocycles. The van der Waals surface area contributed by atoms with Crippen LogP contribution < -0.4 is 15.2 Å². The van der Waals surface area contributed by atoms with Gasteiger partial charge in [0.2, 0.25) is 0 Å². The smallest absolute Gasteiger partial charge is 0.348 e. The maximum Gasteiger partial charge on any atom is 0.348 e. The van der Waals surface area contributed by atoms with Crippen LogP contribution in [0.3, 0.4) is 0 Å². The first-order valence-electron chi connectivity index (χ1n) is 8.15. The van der Waals surface area contributed by atoms with Crippen LogP contribution in [0, 0.1) is 0 Å². The van der Waals surface area contributed by atoms with Crippen molar-refractivity contribution in [3.63, 3.8) is 0 Å². The van der Waals surface area contributed by atoms with Gasteiger partial charge in [-0.25, -0.2) is 9.59 Å². The molecule has 1 aliphatic rings. The van der Waals surface area contributed by atoms with Crippen molar-refractivity contribution in [1.29, 1.82) is 0 Å². The summed E-state index contributed by atoms with van der Waals surface area (Å²) in [6.45, 7) is 1.22. The molecule has 1 aromatic heterocycles. The molecule has 144 valence electrons. The molecule has 27 heavy (non-hydrogen) atoms. The van der Waals surface area contributed by atoms with Gasteiger partial charge >= 0.3 is 11.9 Å². The zero-order valence-electron chi connectivity index (χ0n) is 14.9. The van der Waals surface area contributed by atoms with Gasteiger partial charge in [0.15, 0.2) is 11.5 Å². The van der Waals surface area contributed by atoms with Gasteiger partial charge in [-0.3, -0.25) is 0 Å². The van der Waals surface area contributed by atoms with Crippen molar-refractivity contribution in [1.82, 2.24) is 0 Å². The molecule has 0 amide bonds. The number of hydrogen-bond acceptors (Lipinski definition) is 9. The second kappa shape index (κ2) is 8.53. The van der Waals surface area contributed by atoms with E-state index in [0.717, 1.165) is 22.7 Å². The van der Waals surface area contributed by atoms with Crippen LogP contribution >= 0.6 is 23.1 Å². The molecule has 0 bridgehead atoms. The summed E-state index contributed by atoms with van der Waals surface area (Å²) in [7, 11) is 2.56. The third-order valence-electron chi connectivity index (χ3n) is 3.90. The van der Waals surface area contributed by atoms with Gasteiger partial charge in [-0.15, -0.1) is 23.1 Å². The average Bonchev–Trinajstić information content (AvgIpc) is 2.85. The first-order chi connectivity index (χ1) is 13.0. The molecule has 2 heterocycles. The largest absolute Gasteiger partial charge is 0.490 e. The number of anilines is 1. The van der Waals surface area contributed by atoms with Crippen molar-refractivity contribution in [2.45, 2.75) is 17.1 Å². The molecular weight excluding hydrogens is 390 g/mol. The van der Waals surface area contributed by atoms with E-state index in [0.29, 0.717) is 40.9 Å². The molecule has 0 atom stereocenters. The number of nitrogens with two attached hydrogens (primary N) is 1. The molecular formula is C18H19NO6S2. The van der Waals surface area contributed by atoms with E-state index in [9.17, 15) is 9.59 Å². The number of carbonyl (C=O) groups is 2. The molecule has 1 aromatic carbocycles. The highest BCUT2D eigenvalue weighted by Gasteiger charge is 2.27. The van der Waals surface area contributed by atoms with Crippen LogP contribution in [0.1, 0.15) is 32.0 Å². The Balaban J connectivity index is 1.88. The maximum atomic E-state index is 12.1. The molecule has 1 aliphatic heterocycles. The summed E-state index contributed by atoms with van der Waals surface area (Å²) < 4.78 is 21.0. The summed E-state index contributed by atoms with van der Waals surface area (Å²) >= 11 is 2.47. The van der Waals surface area contributed by atoms with Crippen LogP contribution in [0.25, 0.3) is 0 Å². The molecule has 0 radical (unpaired) electrons. The number of rotatable bonds is 5. The number of methoxy groups -OCH3 is 2. The Morgan fingerprint density at radius 1 is 1.15 bits per heavy atom. The summed E-state index contributed by atoms with van der Waals surface area (Å²) in [5, 5.41) is 0.233. The van der Waals surface area contributed by atoms with Crippen LogP contribution in [-0.2, 0) is 15.2 Å². The molecule has 9 heteroatoms. The highest BCUT2D eigenvalue weighted by atomic mass is 32.2. The van der Waals surface area contributed by atoms with Gasteiger partial charge in [-0.2, -0.15) is 0 Å². The number of benzene rings is 1. The number of thioether (sulfide) groups is 1. The molecule has 0 fully saturated rings. The minimum Gasteiger partial charge on any atom is -0.490 e. The van der Waals surface area contributed by atoms with Gasteiger partial charge in [-0.05, 0) is 18.2 Å². The monoisotopic (exact) mass is 409 g/mol. The number of carbonyl (C=O) groups excluding carboxylic acids is 2. The Morgan fingerprint density at radius 3 is 2.56 bits per heavy atom. The molecule has 7 nitrogen and oxygen atoms in total. The third-order valence-corrected chi connectivity index (χ3v) is 5.96. The minimum absolute atomic E-state index is 0.213. The van der Waals surface area contributed by atoms with E-state index < -0.39 is 11.9 Å². The average molecular weight is 409 g/mol. The van der Waals surface area contributed by atoms with E-state index in [1.165, 1.54) is 26.0 Å². The highest BCUT2D eigenvalue weighted by molar-refractivity contribution is 7.98. The minimum atomic E-state index is -0.576. The van der Waals surface area contributed by atoms with Crippen molar-refractivity contribution >= 4 is 40.0 Å². The Morgan fingerprint density at radius 2 is 1.85 bits per heavy atom. The van der Waals surface area contributed by atoms with Crippen molar-refractivity contribution in [3.8, 4) is 11.5 Å². The molecule has 0 aliphatic carbocycles. The van der Waals surface area contributed by atoms with Crippen molar-refractivity contribution in [2.24, 2.45) is 0 Å². The fourth-order valence-corrected chi connectivity index (χ4v) is 4.63. The summed E-state index contributed by atoms with van der Waals surface area (Å²) in [6, 6.07) is 5.65. The fourth-order valence-electron chi connectivity index (χ4n) is 2.59. The van der Waals surface area contributed by atoms with Crippen LogP contribution in [-0.4, -0.2) is 39.4 Å². The van der Waals surface area contributed by atoms with E-state index in [-0.39, 0.29) is 10.6 Å². The lowest BCUT2D eigenvalue weighted by Gasteiger charge is -2.10. The normalized spacial score (nSPS) is 13.0. The van der Waals surface area contributed by atoms with Crippen LogP contribution in [0.5, 0.6) is 11.5 Å². The molecule has 2 N–H and O–H groups in total. The van der Waals surface area contributed by atoms with Crippen LogP contribution in [0.15, 0.2) is 23.1 Å². The summed E-state index contributed by atoms with van der Waals surface area (Å²) in [6.07, 6.45) is 0.830. The second-order valence-corrected chi connectivity index (χ2v) is 7.68. The Bertz CT molecular complexity index is 864. The standard InChI is InChI=1S/C18H19NO6S2/c1-22-17(20)14-11(15(18(21)23-2)27-16(14)19)9-26-10-4-5-12-13(8-10)25-7-3-6-24-12/h4-5,8H,3,6-7,9,19H2,1-2H3. The summed E-state index contributed by atoms with van der Waals surface area (Å²) in [5.41, 5.74) is 6.67. The van der Waals surface area contributed by atoms with Crippen LogP contribution in [0.4, 0.5) is 5.00 Å². The number of thiophene rings is 1. The molecule has 0 spiro atoms. The zero-order valence-corrected chi connectivity index (χ0v) is 16.5. The van der Waals surface area contributed by atoms with Gasteiger partial charge in [0.05, 0.1) is 33.0 Å². The lowest BCUT2D eigenvalue weighted by molar-refractivity contribution is 0.0601. The third kappa shape index (κ3) is 4.14.